The quantitative estimate of drug-likeness (QED) is 0.899. The van der Waals surface area contributed by atoms with Gasteiger partial charge in [0.2, 0.25) is 0 Å². The van der Waals surface area contributed by atoms with Gasteiger partial charge in [-0.05, 0) is 37.2 Å². The normalized spacial score (nSPS) is 26.1. The maximum atomic E-state index is 12.3. The van der Waals surface area contributed by atoms with Gasteiger partial charge in [0.1, 0.15) is 5.82 Å². The lowest BCUT2D eigenvalue weighted by molar-refractivity contribution is 0.0899. The number of carbonyl (C=O) groups excluding carboxylic acids is 1. The zero-order chi connectivity index (χ0) is 14.7. The van der Waals surface area contributed by atoms with Crippen molar-refractivity contribution in [3.8, 4) is 0 Å². The highest BCUT2D eigenvalue weighted by Crippen LogP contribution is 2.29. The van der Waals surface area contributed by atoms with Crippen LogP contribution in [0.5, 0.6) is 0 Å². The van der Waals surface area contributed by atoms with Gasteiger partial charge in [0.05, 0.1) is 10.6 Å². The Morgan fingerprint density at radius 3 is 2.75 bits per heavy atom. The molecule has 0 aliphatic heterocycles. The van der Waals surface area contributed by atoms with Gasteiger partial charge in [0, 0.05) is 19.3 Å². The smallest absolute Gasteiger partial charge is 0.253 e. The summed E-state index contributed by atoms with van der Waals surface area (Å²) < 4.78 is 0. The number of nitrogens with one attached hydrogen (secondary N) is 2. The Bertz CT molecular complexity index is 492. The molecular formula is C15H22ClN3O. The van der Waals surface area contributed by atoms with Crippen LogP contribution in [0.3, 0.4) is 0 Å². The van der Waals surface area contributed by atoms with Crippen LogP contribution in [0.2, 0.25) is 5.02 Å². The van der Waals surface area contributed by atoms with E-state index in [1.807, 2.05) is 0 Å². The van der Waals surface area contributed by atoms with E-state index in [4.69, 9.17) is 11.6 Å². The predicted octanol–water partition coefficient (Wildman–Crippen LogP) is 3.33. The van der Waals surface area contributed by atoms with Crippen LogP contribution in [0, 0.1) is 11.8 Å². The van der Waals surface area contributed by atoms with Gasteiger partial charge in [-0.15, -0.1) is 0 Å². The fourth-order valence-corrected chi connectivity index (χ4v) is 3.14. The lowest BCUT2D eigenvalue weighted by Crippen LogP contribution is -2.42. The van der Waals surface area contributed by atoms with Gasteiger partial charge in [-0.2, -0.15) is 0 Å². The maximum absolute atomic E-state index is 12.3. The standard InChI is InChI=1S/C15H22ClN3O/c1-9-4-5-13(10(2)6-9)19-15(20)11-7-12(16)14(17-3)18-8-11/h7-10,13H,4-6H2,1-3H3,(H,17,18)(H,19,20). The van der Waals surface area contributed by atoms with Crippen LogP contribution < -0.4 is 10.6 Å². The van der Waals surface area contributed by atoms with Gasteiger partial charge in [-0.1, -0.05) is 25.4 Å². The third-order valence-electron chi connectivity index (χ3n) is 4.09. The zero-order valence-electron chi connectivity index (χ0n) is 12.2. The minimum atomic E-state index is -0.0894. The predicted molar refractivity (Wildman–Crippen MR) is 82.2 cm³/mol. The molecule has 0 radical (unpaired) electrons. The van der Waals surface area contributed by atoms with Crippen molar-refractivity contribution in [2.45, 2.75) is 39.2 Å². The van der Waals surface area contributed by atoms with Crippen molar-refractivity contribution in [1.82, 2.24) is 10.3 Å². The van der Waals surface area contributed by atoms with E-state index in [2.05, 4.69) is 29.5 Å². The molecule has 1 saturated carbocycles. The summed E-state index contributed by atoms with van der Waals surface area (Å²) in [4.78, 5) is 16.4. The molecule has 1 aliphatic rings. The molecule has 1 aromatic heterocycles. The molecule has 4 nitrogen and oxygen atoms in total. The van der Waals surface area contributed by atoms with E-state index in [1.54, 1.807) is 19.3 Å². The zero-order valence-corrected chi connectivity index (χ0v) is 13.0. The monoisotopic (exact) mass is 295 g/mol. The number of anilines is 1. The first-order chi connectivity index (χ1) is 9.51. The van der Waals surface area contributed by atoms with E-state index in [1.165, 1.54) is 12.8 Å². The number of aromatic nitrogens is 1. The largest absolute Gasteiger partial charge is 0.372 e. The molecule has 110 valence electrons. The summed E-state index contributed by atoms with van der Waals surface area (Å²) >= 11 is 6.06. The summed E-state index contributed by atoms with van der Waals surface area (Å²) in [6.45, 7) is 4.48. The lowest BCUT2D eigenvalue weighted by Gasteiger charge is -2.33. The molecule has 0 saturated heterocycles. The fraction of sp³-hybridized carbons (Fsp3) is 0.600. The van der Waals surface area contributed by atoms with Crippen molar-refractivity contribution >= 4 is 23.3 Å². The van der Waals surface area contributed by atoms with Crippen LogP contribution in [0.1, 0.15) is 43.5 Å². The minimum Gasteiger partial charge on any atom is -0.372 e. The average molecular weight is 296 g/mol. The Labute approximate surface area is 125 Å². The van der Waals surface area contributed by atoms with Crippen molar-refractivity contribution in [3.05, 3.63) is 22.8 Å². The molecule has 0 aromatic carbocycles. The van der Waals surface area contributed by atoms with Crippen LogP contribution >= 0.6 is 11.6 Å². The maximum Gasteiger partial charge on any atom is 0.253 e. The molecule has 0 spiro atoms. The van der Waals surface area contributed by atoms with Crippen molar-refractivity contribution in [2.75, 3.05) is 12.4 Å². The molecule has 2 rings (SSSR count). The number of hydrogen-bond donors (Lipinski definition) is 2. The van der Waals surface area contributed by atoms with Crippen molar-refractivity contribution in [3.63, 3.8) is 0 Å². The van der Waals surface area contributed by atoms with Gasteiger partial charge in [-0.25, -0.2) is 4.98 Å². The highest BCUT2D eigenvalue weighted by molar-refractivity contribution is 6.33. The number of nitrogens with zero attached hydrogens (tertiary/aromatic N) is 1. The molecule has 20 heavy (non-hydrogen) atoms. The van der Waals surface area contributed by atoms with Gasteiger partial charge in [0.25, 0.3) is 5.91 Å². The highest BCUT2D eigenvalue weighted by Gasteiger charge is 2.26. The number of amides is 1. The summed E-state index contributed by atoms with van der Waals surface area (Å²) in [6.07, 6.45) is 4.95. The molecule has 3 unspecified atom stereocenters. The molecule has 1 aromatic rings. The van der Waals surface area contributed by atoms with Crippen molar-refractivity contribution in [2.24, 2.45) is 11.8 Å². The molecule has 1 aliphatic carbocycles. The number of carbonyl (C=O) groups is 1. The van der Waals surface area contributed by atoms with Crippen LogP contribution in [-0.4, -0.2) is 24.0 Å². The first-order valence-corrected chi connectivity index (χ1v) is 7.53. The number of pyridine rings is 1. The number of hydrogen-bond acceptors (Lipinski definition) is 3. The summed E-state index contributed by atoms with van der Waals surface area (Å²) in [7, 11) is 1.75. The summed E-state index contributed by atoms with van der Waals surface area (Å²) in [5.74, 6) is 1.77. The fourth-order valence-electron chi connectivity index (χ4n) is 2.88. The first-order valence-electron chi connectivity index (χ1n) is 7.15. The molecule has 2 N–H and O–H groups in total. The number of halogens is 1. The van der Waals surface area contributed by atoms with Gasteiger partial charge in [-0.3, -0.25) is 4.79 Å². The third kappa shape index (κ3) is 3.42. The van der Waals surface area contributed by atoms with E-state index in [0.29, 0.717) is 22.3 Å². The second-order valence-corrected chi connectivity index (χ2v) is 6.19. The Hall–Kier alpha value is -1.29. The van der Waals surface area contributed by atoms with Crippen LogP contribution in [-0.2, 0) is 0 Å². The average Bonchev–Trinajstić information content (AvgIpc) is 2.41. The first kappa shape index (κ1) is 15.1. The summed E-state index contributed by atoms with van der Waals surface area (Å²) in [5.41, 5.74) is 0.514. The van der Waals surface area contributed by atoms with E-state index < -0.39 is 0 Å². The summed E-state index contributed by atoms with van der Waals surface area (Å²) in [5, 5.41) is 6.46. The molecule has 3 atom stereocenters. The van der Waals surface area contributed by atoms with E-state index in [0.717, 1.165) is 12.3 Å². The van der Waals surface area contributed by atoms with E-state index in [9.17, 15) is 4.79 Å². The van der Waals surface area contributed by atoms with Gasteiger partial charge in [0.15, 0.2) is 0 Å². The lowest BCUT2D eigenvalue weighted by atomic mass is 9.80. The highest BCUT2D eigenvalue weighted by atomic mass is 35.5. The van der Waals surface area contributed by atoms with Crippen molar-refractivity contribution in [1.29, 1.82) is 0 Å². The Kier molecular flexibility index (Phi) is 4.86. The van der Waals surface area contributed by atoms with Crippen LogP contribution in [0.15, 0.2) is 12.3 Å². The van der Waals surface area contributed by atoms with Crippen LogP contribution in [0.4, 0.5) is 5.82 Å². The Morgan fingerprint density at radius 1 is 1.40 bits per heavy atom. The van der Waals surface area contributed by atoms with E-state index in [-0.39, 0.29) is 11.9 Å². The second kappa shape index (κ2) is 6.44. The number of rotatable bonds is 3. The molecule has 5 heteroatoms. The molecule has 0 bridgehead atoms. The summed E-state index contributed by atoms with van der Waals surface area (Å²) in [6, 6.07) is 1.91. The third-order valence-corrected chi connectivity index (χ3v) is 4.38. The van der Waals surface area contributed by atoms with Gasteiger partial charge >= 0.3 is 0 Å². The molecule has 1 amide bonds. The molecular weight excluding hydrogens is 274 g/mol. The molecule has 1 heterocycles. The van der Waals surface area contributed by atoms with Crippen LogP contribution in [0.25, 0.3) is 0 Å². The van der Waals surface area contributed by atoms with Gasteiger partial charge < -0.3 is 10.6 Å². The van der Waals surface area contributed by atoms with Crippen molar-refractivity contribution < 1.29 is 4.79 Å². The SMILES string of the molecule is CNc1ncc(C(=O)NC2CCC(C)CC2C)cc1Cl. The Morgan fingerprint density at radius 2 is 2.15 bits per heavy atom. The second-order valence-electron chi connectivity index (χ2n) is 5.78. The molecule has 1 fully saturated rings. The van der Waals surface area contributed by atoms with E-state index >= 15 is 0 Å². The minimum absolute atomic E-state index is 0.0894. The topological polar surface area (TPSA) is 54.0 Å². The Balaban J connectivity index is 2.03.